The highest BCUT2D eigenvalue weighted by Gasteiger charge is 2.38. The van der Waals surface area contributed by atoms with Crippen molar-refractivity contribution in [1.82, 2.24) is 4.90 Å². The van der Waals surface area contributed by atoms with Gasteiger partial charge in [0.25, 0.3) is 0 Å². The second-order valence-corrected chi connectivity index (χ2v) is 12.0. The molecule has 1 aliphatic carbocycles. The maximum atomic E-state index is 13.2. The van der Waals surface area contributed by atoms with Crippen LogP contribution in [0.4, 0.5) is 0 Å². The Labute approximate surface area is 187 Å². The van der Waals surface area contributed by atoms with Gasteiger partial charge >= 0.3 is 5.97 Å². The van der Waals surface area contributed by atoms with Crippen LogP contribution in [-0.4, -0.2) is 63.5 Å². The van der Waals surface area contributed by atoms with Gasteiger partial charge in [-0.1, -0.05) is 51.5 Å². The molecule has 2 atom stereocenters. The number of sulfone groups is 1. The van der Waals surface area contributed by atoms with Crippen LogP contribution in [0.1, 0.15) is 64.0 Å². The molecule has 31 heavy (non-hydrogen) atoms. The van der Waals surface area contributed by atoms with E-state index in [4.69, 9.17) is 9.47 Å². The molecular weight excluding hydrogens is 414 g/mol. The molecule has 0 aromatic heterocycles. The van der Waals surface area contributed by atoms with E-state index in [1.807, 2.05) is 24.3 Å². The lowest BCUT2D eigenvalue weighted by atomic mass is 9.87. The van der Waals surface area contributed by atoms with Gasteiger partial charge in [0.1, 0.15) is 6.10 Å². The third kappa shape index (κ3) is 7.02. The fraction of sp³-hybridized carbons (Fsp3) is 0.708. The van der Waals surface area contributed by atoms with Crippen molar-refractivity contribution in [3.05, 3.63) is 35.4 Å². The highest BCUT2D eigenvalue weighted by Crippen LogP contribution is 2.30. The minimum Gasteiger partial charge on any atom is -0.461 e. The molecule has 1 aromatic carbocycles. The van der Waals surface area contributed by atoms with Gasteiger partial charge in [0.2, 0.25) is 0 Å². The molecular formula is C24H37NO5S. The lowest BCUT2D eigenvalue weighted by Gasteiger charge is -2.31. The van der Waals surface area contributed by atoms with Crippen molar-refractivity contribution in [2.24, 2.45) is 0 Å². The number of hydrogen-bond donors (Lipinski definition) is 0. The van der Waals surface area contributed by atoms with Crippen LogP contribution in [0.15, 0.2) is 24.3 Å². The Morgan fingerprint density at radius 3 is 2.39 bits per heavy atom. The van der Waals surface area contributed by atoms with Crippen LogP contribution in [0.2, 0.25) is 0 Å². The molecule has 0 amide bonds. The van der Waals surface area contributed by atoms with E-state index >= 15 is 0 Å². The first kappa shape index (κ1) is 24.2. The largest absolute Gasteiger partial charge is 0.461 e. The van der Waals surface area contributed by atoms with E-state index < -0.39 is 21.2 Å². The summed E-state index contributed by atoms with van der Waals surface area (Å²) < 4.78 is 37.5. The quantitative estimate of drug-likeness (QED) is 0.591. The van der Waals surface area contributed by atoms with Gasteiger partial charge in [-0.3, -0.25) is 9.69 Å². The first-order valence-corrected chi connectivity index (χ1v) is 13.2. The van der Waals surface area contributed by atoms with E-state index in [9.17, 15) is 13.2 Å². The Morgan fingerprint density at radius 1 is 1.10 bits per heavy atom. The Kier molecular flexibility index (Phi) is 8.16. The summed E-state index contributed by atoms with van der Waals surface area (Å²) in [7, 11) is -3.42. The molecule has 1 aromatic rings. The highest BCUT2D eigenvalue weighted by atomic mass is 32.2. The van der Waals surface area contributed by atoms with Gasteiger partial charge in [0.05, 0.1) is 30.6 Å². The zero-order valence-corrected chi connectivity index (χ0v) is 20.0. The van der Waals surface area contributed by atoms with Gasteiger partial charge in [0.15, 0.2) is 9.84 Å². The maximum Gasteiger partial charge on any atom is 0.307 e. The van der Waals surface area contributed by atoms with Gasteiger partial charge in [-0.15, -0.1) is 0 Å². The molecule has 6 nitrogen and oxygen atoms in total. The summed E-state index contributed by atoms with van der Waals surface area (Å²) in [6.07, 6.45) is 2.68. The maximum absolute atomic E-state index is 13.2. The second kappa shape index (κ2) is 10.5. The predicted molar refractivity (Wildman–Crippen MR) is 122 cm³/mol. The molecule has 0 spiro atoms. The molecule has 1 saturated heterocycles. The van der Waals surface area contributed by atoms with Crippen LogP contribution >= 0.6 is 0 Å². The van der Waals surface area contributed by atoms with Crippen molar-refractivity contribution in [2.45, 2.75) is 75.4 Å². The lowest BCUT2D eigenvalue weighted by Crippen LogP contribution is -2.41. The second-order valence-electron chi connectivity index (χ2n) is 9.81. The third-order valence-electron chi connectivity index (χ3n) is 6.31. The standard InChI is InChI=1S/C24H37NO5S/c1-24(2,3)20-10-8-19(9-11-20)18-31(27,28)22-7-5-4-6-21(22)30-23(26)12-13-25-14-16-29-17-15-25/h8-11,21-22H,4-7,12-18H2,1-3H3. The summed E-state index contributed by atoms with van der Waals surface area (Å²) in [5.74, 6) is -0.308. The first-order chi connectivity index (χ1) is 14.6. The van der Waals surface area contributed by atoms with Crippen molar-refractivity contribution in [3.63, 3.8) is 0 Å². The number of esters is 1. The predicted octanol–water partition coefficient (Wildman–Crippen LogP) is 3.48. The van der Waals surface area contributed by atoms with Gasteiger partial charge in [-0.2, -0.15) is 0 Å². The molecule has 1 heterocycles. The molecule has 1 saturated carbocycles. The Balaban J connectivity index is 1.59. The summed E-state index contributed by atoms with van der Waals surface area (Å²) in [5, 5.41) is -0.615. The SMILES string of the molecule is CC(C)(C)c1ccc(CS(=O)(=O)C2CCCCC2OC(=O)CCN2CCOCC2)cc1. The Bertz CT molecular complexity index is 823. The molecule has 3 rings (SSSR count). The average Bonchev–Trinajstić information content (AvgIpc) is 2.73. The number of carbonyl (C=O) groups is 1. The van der Waals surface area contributed by atoms with Crippen LogP contribution < -0.4 is 0 Å². The van der Waals surface area contributed by atoms with E-state index in [1.165, 1.54) is 5.56 Å². The molecule has 2 fully saturated rings. The zero-order chi connectivity index (χ0) is 22.5. The van der Waals surface area contributed by atoms with Crippen LogP contribution in [0.5, 0.6) is 0 Å². The highest BCUT2D eigenvalue weighted by molar-refractivity contribution is 7.91. The van der Waals surface area contributed by atoms with E-state index in [1.54, 1.807) is 0 Å². The van der Waals surface area contributed by atoms with Gasteiger partial charge < -0.3 is 9.47 Å². The minimum atomic E-state index is -3.42. The van der Waals surface area contributed by atoms with E-state index in [-0.39, 0.29) is 23.6 Å². The number of nitrogens with zero attached hydrogens (tertiary/aromatic N) is 1. The zero-order valence-electron chi connectivity index (χ0n) is 19.1. The molecule has 2 aliphatic rings. The first-order valence-electron chi connectivity index (χ1n) is 11.5. The number of morpholine rings is 1. The molecule has 174 valence electrons. The fourth-order valence-electron chi connectivity index (χ4n) is 4.35. The number of ether oxygens (including phenoxy) is 2. The summed E-state index contributed by atoms with van der Waals surface area (Å²) in [6, 6.07) is 7.83. The Hall–Kier alpha value is -1.44. The minimum absolute atomic E-state index is 0.0100. The molecule has 0 radical (unpaired) electrons. The number of rotatable bonds is 7. The summed E-state index contributed by atoms with van der Waals surface area (Å²) in [6.45, 7) is 10.1. The number of benzene rings is 1. The molecule has 2 unspecified atom stereocenters. The van der Waals surface area contributed by atoms with E-state index in [2.05, 4.69) is 25.7 Å². The van der Waals surface area contributed by atoms with Crippen molar-refractivity contribution < 1.29 is 22.7 Å². The Morgan fingerprint density at radius 2 is 1.74 bits per heavy atom. The fourth-order valence-corrected chi connectivity index (χ4v) is 6.40. The van der Waals surface area contributed by atoms with Crippen molar-refractivity contribution in [1.29, 1.82) is 0 Å². The molecule has 1 aliphatic heterocycles. The van der Waals surface area contributed by atoms with Crippen LogP contribution in [-0.2, 0) is 35.3 Å². The van der Waals surface area contributed by atoms with Crippen LogP contribution in [0.3, 0.4) is 0 Å². The van der Waals surface area contributed by atoms with Crippen LogP contribution in [0, 0.1) is 0 Å². The summed E-state index contributed by atoms with van der Waals surface area (Å²) in [4.78, 5) is 14.6. The smallest absolute Gasteiger partial charge is 0.307 e. The average molecular weight is 452 g/mol. The topological polar surface area (TPSA) is 72.9 Å². The lowest BCUT2D eigenvalue weighted by molar-refractivity contribution is -0.150. The molecule has 0 bridgehead atoms. The third-order valence-corrected chi connectivity index (χ3v) is 8.51. The van der Waals surface area contributed by atoms with Crippen LogP contribution in [0.25, 0.3) is 0 Å². The number of hydrogen-bond acceptors (Lipinski definition) is 6. The monoisotopic (exact) mass is 451 g/mol. The number of carbonyl (C=O) groups excluding carboxylic acids is 1. The van der Waals surface area contributed by atoms with Gasteiger partial charge in [-0.05, 0) is 35.8 Å². The van der Waals surface area contributed by atoms with E-state index in [0.29, 0.717) is 32.6 Å². The van der Waals surface area contributed by atoms with Crippen molar-refractivity contribution >= 4 is 15.8 Å². The molecule has 0 N–H and O–H groups in total. The summed E-state index contributed by atoms with van der Waals surface area (Å²) in [5.41, 5.74) is 2.00. The van der Waals surface area contributed by atoms with Gasteiger partial charge in [-0.25, -0.2) is 8.42 Å². The summed E-state index contributed by atoms with van der Waals surface area (Å²) >= 11 is 0. The van der Waals surface area contributed by atoms with Crippen molar-refractivity contribution in [2.75, 3.05) is 32.8 Å². The van der Waals surface area contributed by atoms with E-state index in [0.717, 1.165) is 31.5 Å². The van der Waals surface area contributed by atoms with Crippen molar-refractivity contribution in [3.8, 4) is 0 Å². The van der Waals surface area contributed by atoms with Gasteiger partial charge in [0, 0.05) is 19.6 Å². The molecule has 7 heteroatoms. The normalized spacial score (nSPS) is 23.5.